The van der Waals surface area contributed by atoms with Crippen molar-refractivity contribution in [2.45, 2.75) is 12.4 Å². The van der Waals surface area contributed by atoms with Crippen LogP contribution < -0.4 is 5.73 Å². The first-order valence-corrected chi connectivity index (χ1v) is 1.86. The molecule has 0 aliphatic heterocycles. The number of carbonyl (C=O) groups is 1. The Bertz CT molecular complexity index is 94.5. The first-order valence-electron chi connectivity index (χ1n) is 1.86. The molecule has 48 valence electrons. The van der Waals surface area contributed by atoms with E-state index in [1.165, 1.54) is 0 Å². The van der Waals surface area contributed by atoms with Crippen LogP contribution in [0.15, 0.2) is 0 Å². The molecule has 0 saturated heterocycles. The number of nitrogens with two attached hydrogens (primary N) is 1. The third-order valence-corrected chi connectivity index (χ3v) is 0.581. The second-order valence-electron chi connectivity index (χ2n) is 1.24. The van der Waals surface area contributed by atoms with E-state index in [1.807, 2.05) is 0 Å². The van der Waals surface area contributed by atoms with Crippen LogP contribution >= 0.6 is 0 Å². The second-order valence-corrected chi connectivity index (χ2v) is 1.24. The third-order valence-electron chi connectivity index (χ3n) is 0.581. The van der Waals surface area contributed by atoms with Crippen molar-refractivity contribution in [1.82, 2.24) is 0 Å². The van der Waals surface area contributed by atoms with E-state index in [0.29, 0.717) is 0 Å². The Morgan fingerprint density at radius 3 is 2.12 bits per heavy atom. The number of aliphatic carboxylic acids is 1. The molecule has 0 saturated carbocycles. The summed E-state index contributed by atoms with van der Waals surface area (Å²) in [6.07, 6.45) is -2.48. The van der Waals surface area contributed by atoms with Gasteiger partial charge in [0.2, 0.25) is 6.36 Å². The van der Waals surface area contributed by atoms with E-state index in [4.69, 9.17) is 10.2 Å². The van der Waals surface area contributed by atoms with Gasteiger partial charge in [0.1, 0.15) is 0 Å². The van der Waals surface area contributed by atoms with Gasteiger partial charge in [-0.3, -0.25) is 4.79 Å². The molecular weight excluding hydrogens is 117 g/mol. The van der Waals surface area contributed by atoms with Crippen LogP contribution in [0.5, 0.6) is 0 Å². The largest absolute Gasteiger partial charge is 0.480 e. The molecule has 0 radical (unpaired) electrons. The predicted octanol–water partition coefficient (Wildman–Crippen LogP) is -1.31. The molecule has 5 heteroatoms. The normalized spacial score (nSPS) is 17.4. The van der Waals surface area contributed by atoms with Gasteiger partial charge in [0.05, 0.1) is 0 Å². The molecule has 2 atom stereocenters. The Hall–Kier alpha value is -0.680. The predicted molar refractivity (Wildman–Crippen MR) is 22.7 cm³/mol. The molecule has 4 nitrogen and oxygen atoms in total. The van der Waals surface area contributed by atoms with Gasteiger partial charge in [-0.15, -0.1) is 0 Å². The van der Waals surface area contributed by atoms with Crippen LogP contribution in [0, 0.1) is 0 Å². The molecule has 0 spiro atoms. The Kier molecular flexibility index (Phi) is 2.36. The second kappa shape index (κ2) is 2.58. The lowest BCUT2D eigenvalue weighted by molar-refractivity contribution is -0.144. The molecule has 0 rings (SSSR count). The molecule has 2 unspecified atom stereocenters. The van der Waals surface area contributed by atoms with Gasteiger partial charge in [0.15, 0.2) is 6.04 Å². The number of carboxylic acids is 1. The SMILES string of the molecule is NC(C(=O)O)C(O)F. The van der Waals surface area contributed by atoms with Crippen LogP contribution in [0.3, 0.4) is 0 Å². The highest BCUT2D eigenvalue weighted by Gasteiger charge is 2.20. The fraction of sp³-hybridized carbons (Fsp3) is 0.667. The number of hydrogen-bond donors (Lipinski definition) is 3. The quantitative estimate of drug-likeness (QED) is 0.425. The molecule has 0 fully saturated rings. The van der Waals surface area contributed by atoms with Crippen molar-refractivity contribution in [3.05, 3.63) is 0 Å². The average Bonchev–Trinajstić information content (AvgIpc) is 1.64. The zero-order valence-electron chi connectivity index (χ0n) is 3.91. The summed E-state index contributed by atoms with van der Waals surface area (Å²) in [6.45, 7) is 0. The van der Waals surface area contributed by atoms with Crippen LogP contribution in [0.25, 0.3) is 0 Å². The van der Waals surface area contributed by atoms with Gasteiger partial charge >= 0.3 is 5.97 Å². The fourth-order valence-corrected chi connectivity index (χ4v) is 0.118. The van der Waals surface area contributed by atoms with E-state index in [2.05, 4.69) is 5.73 Å². The first kappa shape index (κ1) is 7.32. The Labute approximate surface area is 44.7 Å². The maximum absolute atomic E-state index is 11.4. The Morgan fingerprint density at radius 1 is 1.75 bits per heavy atom. The summed E-state index contributed by atoms with van der Waals surface area (Å²) < 4.78 is 11.4. The summed E-state index contributed by atoms with van der Waals surface area (Å²) in [5.74, 6) is -1.56. The van der Waals surface area contributed by atoms with Crippen molar-refractivity contribution in [2.75, 3.05) is 0 Å². The maximum atomic E-state index is 11.4. The fourth-order valence-electron chi connectivity index (χ4n) is 0.118. The maximum Gasteiger partial charge on any atom is 0.326 e. The molecule has 0 aromatic heterocycles. The number of rotatable bonds is 2. The van der Waals surface area contributed by atoms with Gasteiger partial charge in [0.25, 0.3) is 0 Å². The summed E-state index contributed by atoms with van der Waals surface area (Å²) in [5.41, 5.74) is 4.53. The smallest absolute Gasteiger partial charge is 0.326 e. The zero-order valence-corrected chi connectivity index (χ0v) is 3.91. The molecular formula is C3H6FNO3. The molecule has 0 aromatic rings. The molecule has 4 N–H and O–H groups in total. The van der Waals surface area contributed by atoms with Crippen LogP contribution in [0.4, 0.5) is 4.39 Å². The lowest BCUT2D eigenvalue weighted by Gasteiger charge is -2.03. The number of aliphatic hydroxyl groups excluding tert-OH is 1. The van der Waals surface area contributed by atoms with Crippen molar-refractivity contribution < 1.29 is 19.4 Å². The van der Waals surface area contributed by atoms with Gasteiger partial charge in [-0.1, -0.05) is 0 Å². The van der Waals surface area contributed by atoms with Crippen LogP contribution in [0.1, 0.15) is 0 Å². The summed E-state index contributed by atoms with van der Waals surface area (Å²) in [4.78, 5) is 9.62. The highest BCUT2D eigenvalue weighted by Crippen LogP contribution is 1.89. The van der Waals surface area contributed by atoms with Crippen molar-refractivity contribution in [3.63, 3.8) is 0 Å². The molecule has 0 aliphatic carbocycles. The number of halogens is 1. The average molecular weight is 123 g/mol. The van der Waals surface area contributed by atoms with Crippen LogP contribution in [-0.4, -0.2) is 28.6 Å². The van der Waals surface area contributed by atoms with E-state index in [1.54, 1.807) is 0 Å². The van der Waals surface area contributed by atoms with Crippen LogP contribution in [-0.2, 0) is 4.79 Å². The van der Waals surface area contributed by atoms with Crippen molar-refractivity contribution in [2.24, 2.45) is 5.73 Å². The van der Waals surface area contributed by atoms with Gasteiger partial charge in [-0.2, -0.15) is 0 Å². The lowest BCUT2D eigenvalue weighted by atomic mass is 10.3. The van der Waals surface area contributed by atoms with Gasteiger partial charge in [-0.25, -0.2) is 4.39 Å². The topological polar surface area (TPSA) is 83.6 Å². The standard InChI is InChI=1S/C3H6FNO3/c4-2(6)1(5)3(7)8/h1-2,6H,5H2,(H,7,8). The van der Waals surface area contributed by atoms with E-state index in [0.717, 1.165) is 0 Å². The highest BCUT2D eigenvalue weighted by molar-refractivity contribution is 5.73. The highest BCUT2D eigenvalue weighted by atomic mass is 19.1. The summed E-state index contributed by atoms with van der Waals surface area (Å²) >= 11 is 0. The number of hydrogen-bond acceptors (Lipinski definition) is 3. The molecule has 0 aromatic carbocycles. The summed E-state index contributed by atoms with van der Waals surface area (Å²) in [7, 11) is 0. The Balaban J connectivity index is 3.64. The minimum atomic E-state index is -2.48. The van der Waals surface area contributed by atoms with E-state index in [-0.39, 0.29) is 0 Å². The molecule has 0 heterocycles. The van der Waals surface area contributed by atoms with Crippen molar-refractivity contribution in [3.8, 4) is 0 Å². The molecule has 8 heavy (non-hydrogen) atoms. The number of alkyl halides is 1. The molecule has 0 amide bonds. The van der Waals surface area contributed by atoms with E-state index in [9.17, 15) is 9.18 Å². The van der Waals surface area contributed by atoms with Gasteiger partial charge < -0.3 is 15.9 Å². The summed E-state index contributed by atoms with van der Waals surface area (Å²) in [6, 6.07) is -1.82. The van der Waals surface area contributed by atoms with Gasteiger partial charge in [-0.05, 0) is 0 Å². The number of aliphatic hydroxyl groups is 1. The van der Waals surface area contributed by atoms with E-state index < -0.39 is 18.4 Å². The molecule has 0 aliphatic rings. The van der Waals surface area contributed by atoms with Crippen molar-refractivity contribution in [1.29, 1.82) is 0 Å². The lowest BCUT2D eigenvalue weighted by Crippen LogP contribution is -2.39. The summed E-state index contributed by atoms with van der Waals surface area (Å²) in [5, 5.41) is 15.6. The first-order chi connectivity index (χ1) is 3.55. The van der Waals surface area contributed by atoms with E-state index >= 15 is 0 Å². The van der Waals surface area contributed by atoms with Gasteiger partial charge in [0, 0.05) is 0 Å². The molecule has 0 bridgehead atoms. The van der Waals surface area contributed by atoms with Crippen LogP contribution in [0.2, 0.25) is 0 Å². The Morgan fingerprint density at radius 2 is 2.12 bits per heavy atom. The number of carboxylic acid groups (broad SMARTS) is 1. The third kappa shape index (κ3) is 1.85. The zero-order chi connectivity index (χ0) is 6.73. The monoisotopic (exact) mass is 123 g/mol. The van der Waals surface area contributed by atoms with Crippen molar-refractivity contribution >= 4 is 5.97 Å². The minimum absolute atomic E-state index is 1.56. The minimum Gasteiger partial charge on any atom is -0.480 e.